The van der Waals surface area contributed by atoms with Crippen molar-refractivity contribution in [2.45, 2.75) is 25.4 Å². The first kappa shape index (κ1) is 12.2. The van der Waals surface area contributed by atoms with E-state index in [1.165, 1.54) is 18.9 Å². The Labute approximate surface area is 109 Å². The third kappa shape index (κ3) is 2.93. The molecule has 0 bridgehead atoms. The molecule has 3 rings (SSSR count). The lowest BCUT2D eigenvalue weighted by molar-refractivity contribution is 0.509. The lowest BCUT2D eigenvalue weighted by Gasteiger charge is -2.05. The van der Waals surface area contributed by atoms with Crippen LogP contribution in [0.5, 0.6) is 0 Å². The summed E-state index contributed by atoms with van der Waals surface area (Å²) in [6.45, 7) is 0.599. The summed E-state index contributed by atoms with van der Waals surface area (Å²) >= 11 is 0. The normalized spacial score (nSPS) is 14.6. The van der Waals surface area contributed by atoms with Crippen molar-refractivity contribution in [1.29, 1.82) is 0 Å². The van der Waals surface area contributed by atoms with Gasteiger partial charge in [-0.2, -0.15) is 0 Å². The van der Waals surface area contributed by atoms with Crippen LogP contribution in [0.1, 0.15) is 18.7 Å². The molecule has 19 heavy (non-hydrogen) atoms. The molecule has 1 aromatic heterocycles. The molecule has 1 fully saturated rings. The Bertz CT molecular complexity index is 597. The zero-order valence-electron chi connectivity index (χ0n) is 10.2. The van der Waals surface area contributed by atoms with Gasteiger partial charge in [0.1, 0.15) is 5.82 Å². The van der Waals surface area contributed by atoms with Gasteiger partial charge in [0.15, 0.2) is 11.6 Å². The summed E-state index contributed by atoms with van der Waals surface area (Å²) in [6.07, 6.45) is 4.03. The molecule has 5 heteroatoms. The topological polar surface area (TPSA) is 37.8 Å². The van der Waals surface area contributed by atoms with Crippen LogP contribution in [0.2, 0.25) is 0 Å². The summed E-state index contributed by atoms with van der Waals surface area (Å²) in [4.78, 5) is 8.51. The molecular formula is C14H13F2N3. The number of aromatic nitrogens is 2. The van der Waals surface area contributed by atoms with Crippen LogP contribution in [0.15, 0.2) is 30.5 Å². The molecule has 98 valence electrons. The van der Waals surface area contributed by atoms with Crippen molar-refractivity contribution < 1.29 is 8.78 Å². The minimum absolute atomic E-state index is 0.550. The molecule has 1 saturated carbocycles. The Morgan fingerprint density at radius 2 is 2.00 bits per heavy atom. The van der Waals surface area contributed by atoms with Gasteiger partial charge < -0.3 is 5.32 Å². The van der Waals surface area contributed by atoms with E-state index in [0.29, 0.717) is 29.7 Å². The molecule has 1 aliphatic carbocycles. The minimum atomic E-state index is -0.867. The Kier molecular flexibility index (Phi) is 3.21. The molecular weight excluding hydrogens is 248 g/mol. The fourth-order valence-electron chi connectivity index (χ4n) is 1.82. The van der Waals surface area contributed by atoms with Gasteiger partial charge in [0.05, 0.1) is 12.2 Å². The van der Waals surface area contributed by atoms with Crippen LogP contribution >= 0.6 is 0 Å². The van der Waals surface area contributed by atoms with Crippen molar-refractivity contribution in [3.8, 4) is 11.3 Å². The van der Waals surface area contributed by atoms with E-state index in [1.54, 1.807) is 12.3 Å². The first-order chi connectivity index (χ1) is 9.22. The minimum Gasteiger partial charge on any atom is -0.307 e. The molecule has 0 aliphatic heterocycles. The number of nitrogens with one attached hydrogen (secondary N) is 1. The van der Waals surface area contributed by atoms with Crippen molar-refractivity contribution >= 4 is 0 Å². The van der Waals surface area contributed by atoms with Crippen LogP contribution < -0.4 is 5.32 Å². The van der Waals surface area contributed by atoms with Gasteiger partial charge in [-0.25, -0.2) is 18.7 Å². The van der Waals surface area contributed by atoms with Crippen molar-refractivity contribution in [3.63, 3.8) is 0 Å². The first-order valence-electron chi connectivity index (χ1n) is 6.23. The highest BCUT2D eigenvalue weighted by Gasteiger charge is 2.20. The summed E-state index contributed by atoms with van der Waals surface area (Å²) in [5.74, 6) is -1.06. The fraction of sp³-hybridized carbons (Fsp3) is 0.286. The van der Waals surface area contributed by atoms with Crippen molar-refractivity contribution in [1.82, 2.24) is 15.3 Å². The van der Waals surface area contributed by atoms with Crippen LogP contribution in [0.4, 0.5) is 8.78 Å². The smallest absolute Gasteiger partial charge is 0.159 e. The summed E-state index contributed by atoms with van der Waals surface area (Å²) in [7, 11) is 0. The number of rotatable bonds is 4. The maximum absolute atomic E-state index is 13.2. The molecule has 1 aliphatic rings. The summed E-state index contributed by atoms with van der Waals surface area (Å²) < 4.78 is 26.1. The monoisotopic (exact) mass is 261 g/mol. The SMILES string of the molecule is Fc1ccc(-c2ccnc(CNC3CC3)n2)cc1F. The van der Waals surface area contributed by atoms with E-state index in [9.17, 15) is 8.78 Å². The van der Waals surface area contributed by atoms with Gasteiger partial charge in [-0.1, -0.05) is 0 Å². The van der Waals surface area contributed by atoms with Gasteiger partial charge in [-0.3, -0.25) is 0 Å². The van der Waals surface area contributed by atoms with E-state index in [2.05, 4.69) is 15.3 Å². The van der Waals surface area contributed by atoms with E-state index in [-0.39, 0.29) is 0 Å². The number of nitrogens with zero attached hydrogens (tertiary/aromatic N) is 2. The molecule has 1 heterocycles. The molecule has 1 aromatic carbocycles. The molecule has 1 N–H and O–H groups in total. The standard InChI is InChI=1S/C14H13F2N3/c15-11-4-1-9(7-12(11)16)13-5-6-17-14(19-13)8-18-10-2-3-10/h1,4-7,10,18H,2-3,8H2. The van der Waals surface area contributed by atoms with Crippen LogP contribution in [0, 0.1) is 11.6 Å². The Morgan fingerprint density at radius 1 is 1.16 bits per heavy atom. The number of halogens is 2. The van der Waals surface area contributed by atoms with Gasteiger partial charge in [0.25, 0.3) is 0 Å². The molecule has 0 radical (unpaired) electrons. The molecule has 0 spiro atoms. The van der Waals surface area contributed by atoms with E-state index in [4.69, 9.17) is 0 Å². The zero-order chi connectivity index (χ0) is 13.2. The van der Waals surface area contributed by atoms with Crippen LogP contribution in [0.25, 0.3) is 11.3 Å². The number of hydrogen-bond acceptors (Lipinski definition) is 3. The number of benzene rings is 1. The van der Waals surface area contributed by atoms with Crippen LogP contribution in [-0.4, -0.2) is 16.0 Å². The Morgan fingerprint density at radius 3 is 2.74 bits per heavy atom. The second-order valence-corrected chi connectivity index (χ2v) is 4.64. The first-order valence-corrected chi connectivity index (χ1v) is 6.23. The summed E-state index contributed by atoms with van der Waals surface area (Å²) in [6, 6.07) is 6.03. The predicted molar refractivity (Wildman–Crippen MR) is 67.2 cm³/mol. The lowest BCUT2D eigenvalue weighted by Crippen LogP contribution is -2.17. The van der Waals surface area contributed by atoms with Gasteiger partial charge in [0.2, 0.25) is 0 Å². The Hall–Kier alpha value is -1.88. The lowest BCUT2D eigenvalue weighted by atomic mass is 10.1. The van der Waals surface area contributed by atoms with E-state index >= 15 is 0 Å². The highest BCUT2D eigenvalue weighted by atomic mass is 19.2. The molecule has 0 atom stereocenters. The average molecular weight is 261 g/mol. The third-order valence-corrected chi connectivity index (χ3v) is 3.05. The van der Waals surface area contributed by atoms with E-state index in [1.807, 2.05) is 0 Å². The maximum atomic E-state index is 13.2. The van der Waals surface area contributed by atoms with Gasteiger partial charge in [-0.15, -0.1) is 0 Å². The molecule has 0 saturated heterocycles. The third-order valence-electron chi connectivity index (χ3n) is 3.05. The molecule has 0 unspecified atom stereocenters. The maximum Gasteiger partial charge on any atom is 0.159 e. The van der Waals surface area contributed by atoms with Gasteiger partial charge in [-0.05, 0) is 37.1 Å². The summed E-state index contributed by atoms with van der Waals surface area (Å²) in [5.41, 5.74) is 1.15. The zero-order valence-corrected chi connectivity index (χ0v) is 10.2. The van der Waals surface area contributed by atoms with E-state index < -0.39 is 11.6 Å². The van der Waals surface area contributed by atoms with Crippen molar-refractivity contribution in [2.24, 2.45) is 0 Å². The van der Waals surface area contributed by atoms with Crippen LogP contribution in [-0.2, 0) is 6.54 Å². The molecule has 2 aromatic rings. The largest absolute Gasteiger partial charge is 0.307 e. The van der Waals surface area contributed by atoms with Crippen molar-refractivity contribution in [3.05, 3.63) is 47.9 Å². The van der Waals surface area contributed by atoms with E-state index in [0.717, 1.165) is 12.1 Å². The fourth-order valence-corrected chi connectivity index (χ4v) is 1.82. The molecule has 0 amide bonds. The van der Waals surface area contributed by atoms with Gasteiger partial charge in [0, 0.05) is 17.8 Å². The molecule has 3 nitrogen and oxygen atoms in total. The van der Waals surface area contributed by atoms with Crippen molar-refractivity contribution in [2.75, 3.05) is 0 Å². The Balaban J connectivity index is 1.82. The highest BCUT2D eigenvalue weighted by molar-refractivity contribution is 5.58. The predicted octanol–water partition coefficient (Wildman–Crippen LogP) is 2.67. The van der Waals surface area contributed by atoms with Gasteiger partial charge >= 0.3 is 0 Å². The summed E-state index contributed by atoms with van der Waals surface area (Å²) in [5, 5.41) is 3.31. The van der Waals surface area contributed by atoms with Crippen LogP contribution in [0.3, 0.4) is 0 Å². The highest BCUT2D eigenvalue weighted by Crippen LogP contribution is 2.21. The average Bonchev–Trinajstić information content (AvgIpc) is 3.24. The number of hydrogen-bond donors (Lipinski definition) is 1. The second kappa shape index (κ2) is 5.01. The quantitative estimate of drug-likeness (QED) is 0.919. The second-order valence-electron chi connectivity index (χ2n) is 4.64.